The molecular formula is C15H24N2O3. The van der Waals surface area contributed by atoms with Gasteiger partial charge in [0.2, 0.25) is 0 Å². The van der Waals surface area contributed by atoms with Crippen molar-refractivity contribution in [2.75, 3.05) is 45.7 Å². The van der Waals surface area contributed by atoms with E-state index in [9.17, 15) is 5.11 Å². The van der Waals surface area contributed by atoms with Gasteiger partial charge in [0, 0.05) is 44.8 Å². The number of nitrogens with two attached hydrogens (primary N) is 1. The Kier molecular flexibility index (Phi) is 5.23. The molecule has 3 N–H and O–H groups in total. The van der Waals surface area contributed by atoms with Crippen LogP contribution in [0.3, 0.4) is 0 Å². The topological polar surface area (TPSA) is 68.0 Å². The maximum atomic E-state index is 10.4. The molecule has 2 rings (SSSR count). The number of aliphatic hydroxyl groups is 1. The first kappa shape index (κ1) is 15.1. The maximum Gasteiger partial charge on any atom is 0.119 e. The molecule has 5 nitrogen and oxygen atoms in total. The van der Waals surface area contributed by atoms with Gasteiger partial charge in [-0.3, -0.25) is 0 Å². The van der Waals surface area contributed by atoms with Gasteiger partial charge < -0.3 is 25.2 Å². The summed E-state index contributed by atoms with van der Waals surface area (Å²) in [5, 5.41) is 10.4. The van der Waals surface area contributed by atoms with Gasteiger partial charge in [0.15, 0.2) is 0 Å². The summed E-state index contributed by atoms with van der Waals surface area (Å²) < 4.78 is 10.9. The molecule has 1 saturated heterocycles. The summed E-state index contributed by atoms with van der Waals surface area (Å²) in [5.41, 5.74) is 5.74. The Morgan fingerprint density at radius 3 is 2.60 bits per heavy atom. The summed E-state index contributed by atoms with van der Waals surface area (Å²) in [6, 6.07) is 7.37. The number of hydrogen-bond acceptors (Lipinski definition) is 5. The first-order valence-electron chi connectivity index (χ1n) is 7.04. The second-order valence-electron chi connectivity index (χ2n) is 5.49. The number of anilines is 1. The lowest BCUT2D eigenvalue weighted by Crippen LogP contribution is -2.46. The zero-order valence-electron chi connectivity index (χ0n) is 12.0. The quantitative estimate of drug-likeness (QED) is 0.764. The monoisotopic (exact) mass is 280 g/mol. The standard InChI is InChI=1S/C15H24N2O3/c1-17(12-15(18)6-9-19-10-7-15)8-11-20-14-4-2-13(16)3-5-14/h2-5,18H,6-12,16H2,1H3. The molecule has 0 spiro atoms. The van der Waals surface area contributed by atoms with Crippen LogP contribution < -0.4 is 10.5 Å². The first-order chi connectivity index (χ1) is 9.57. The molecule has 5 heteroatoms. The number of benzene rings is 1. The number of rotatable bonds is 6. The Morgan fingerprint density at radius 1 is 1.30 bits per heavy atom. The van der Waals surface area contributed by atoms with Gasteiger partial charge >= 0.3 is 0 Å². The molecule has 112 valence electrons. The minimum absolute atomic E-state index is 0.590. The largest absolute Gasteiger partial charge is 0.492 e. The van der Waals surface area contributed by atoms with Crippen molar-refractivity contribution in [3.63, 3.8) is 0 Å². The van der Waals surface area contributed by atoms with Crippen molar-refractivity contribution in [3.8, 4) is 5.75 Å². The van der Waals surface area contributed by atoms with Crippen LogP contribution in [0.25, 0.3) is 0 Å². The number of nitrogen functional groups attached to an aromatic ring is 1. The molecule has 1 aromatic rings. The Morgan fingerprint density at radius 2 is 1.95 bits per heavy atom. The van der Waals surface area contributed by atoms with Crippen LogP contribution in [-0.4, -0.2) is 55.6 Å². The van der Waals surface area contributed by atoms with E-state index in [2.05, 4.69) is 4.90 Å². The average Bonchev–Trinajstić information content (AvgIpc) is 2.41. The van der Waals surface area contributed by atoms with Crippen LogP contribution in [0.5, 0.6) is 5.75 Å². The molecule has 1 aromatic carbocycles. The van der Waals surface area contributed by atoms with Crippen molar-refractivity contribution >= 4 is 5.69 Å². The fourth-order valence-corrected chi connectivity index (χ4v) is 2.37. The zero-order valence-corrected chi connectivity index (χ0v) is 12.0. The van der Waals surface area contributed by atoms with Gasteiger partial charge in [-0.05, 0) is 31.3 Å². The summed E-state index contributed by atoms with van der Waals surface area (Å²) in [6.07, 6.45) is 1.41. The first-order valence-corrected chi connectivity index (χ1v) is 7.04. The van der Waals surface area contributed by atoms with Crippen LogP contribution in [-0.2, 0) is 4.74 Å². The van der Waals surface area contributed by atoms with E-state index in [-0.39, 0.29) is 0 Å². The third-order valence-corrected chi connectivity index (χ3v) is 3.61. The summed E-state index contributed by atoms with van der Waals surface area (Å²) in [5.74, 6) is 0.817. The molecule has 0 bridgehead atoms. The van der Waals surface area contributed by atoms with Crippen LogP contribution in [0.4, 0.5) is 5.69 Å². The highest BCUT2D eigenvalue weighted by atomic mass is 16.5. The maximum absolute atomic E-state index is 10.4. The minimum Gasteiger partial charge on any atom is -0.492 e. The zero-order chi connectivity index (χ0) is 14.4. The second-order valence-corrected chi connectivity index (χ2v) is 5.49. The smallest absolute Gasteiger partial charge is 0.119 e. The molecule has 20 heavy (non-hydrogen) atoms. The van der Waals surface area contributed by atoms with Crippen LogP contribution >= 0.6 is 0 Å². The SMILES string of the molecule is CN(CCOc1ccc(N)cc1)CC1(O)CCOCC1. The molecule has 0 radical (unpaired) electrons. The summed E-state index contributed by atoms with van der Waals surface area (Å²) in [7, 11) is 2.00. The number of ether oxygens (including phenoxy) is 2. The van der Waals surface area contributed by atoms with E-state index in [1.807, 2.05) is 31.3 Å². The fraction of sp³-hybridized carbons (Fsp3) is 0.600. The van der Waals surface area contributed by atoms with E-state index in [0.717, 1.165) is 18.0 Å². The van der Waals surface area contributed by atoms with Crippen molar-refractivity contribution in [1.29, 1.82) is 0 Å². The van der Waals surface area contributed by atoms with Crippen molar-refractivity contribution < 1.29 is 14.6 Å². The Labute approximate surface area is 120 Å². The lowest BCUT2D eigenvalue weighted by Gasteiger charge is -2.35. The van der Waals surface area contributed by atoms with Gasteiger partial charge in [0.1, 0.15) is 12.4 Å². The molecule has 1 fully saturated rings. The lowest BCUT2D eigenvalue weighted by atomic mass is 9.94. The van der Waals surface area contributed by atoms with Gasteiger partial charge in [-0.15, -0.1) is 0 Å². The number of nitrogens with zero attached hydrogens (tertiary/aromatic N) is 1. The van der Waals surface area contributed by atoms with E-state index in [4.69, 9.17) is 15.2 Å². The predicted octanol–water partition coefficient (Wildman–Crippen LogP) is 1.12. The van der Waals surface area contributed by atoms with E-state index >= 15 is 0 Å². The van der Waals surface area contributed by atoms with E-state index < -0.39 is 5.60 Å². The molecule has 0 aliphatic carbocycles. The number of hydrogen-bond donors (Lipinski definition) is 2. The van der Waals surface area contributed by atoms with Crippen molar-refractivity contribution in [1.82, 2.24) is 4.90 Å². The Hall–Kier alpha value is -1.30. The average molecular weight is 280 g/mol. The van der Waals surface area contributed by atoms with Gasteiger partial charge in [-0.25, -0.2) is 0 Å². The predicted molar refractivity (Wildman–Crippen MR) is 78.8 cm³/mol. The van der Waals surface area contributed by atoms with E-state index in [1.54, 1.807) is 0 Å². The Balaban J connectivity index is 1.69. The normalized spacial score (nSPS) is 18.1. The highest BCUT2D eigenvalue weighted by molar-refractivity contribution is 5.41. The third kappa shape index (κ3) is 4.67. The lowest BCUT2D eigenvalue weighted by molar-refractivity contribution is -0.0775. The van der Waals surface area contributed by atoms with Crippen LogP contribution in [0.1, 0.15) is 12.8 Å². The highest BCUT2D eigenvalue weighted by Crippen LogP contribution is 2.21. The van der Waals surface area contributed by atoms with Crippen LogP contribution in [0.15, 0.2) is 24.3 Å². The van der Waals surface area contributed by atoms with Gasteiger partial charge in [0.05, 0.1) is 5.60 Å². The van der Waals surface area contributed by atoms with Crippen LogP contribution in [0.2, 0.25) is 0 Å². The summed E-state index contributed by atoms with van der Waals surface area (Å²) >= 11 is 0. The van der Waals surface area contributed by atoms with Crippen LogP contribution in [0, 0.1) is 0 Å². The van der Waals surface area contributed by atoms with E-state index in [1.165, 1.54) is 0 Å². The second kappa shape index (κ2) is 6.92. The molecule has 0 saturated carbocycles. The number of likely N-dealkylation sites (N-methyl/N-ethyl adjacent to an activating group) is 1. The van der Waals surface area contributed by atoms with Crippen molar-refractivity contribution in [2.24, 2.45) is 0 Å². The molecule has 0 atom stereocenters. The molecule has 1 aliphatic rings. The molecular weight excluding hydrogens is 256 g/mol. The van der Waals surface area contributed by atoms with Gasteiger partial charge in [0.25, 0.3) is 0 Å². The minimum atomic E-state index is -0.617. The van der Waals surface area contributed by atoms with Gasteiger partial charge in [-0.1, -0.05) is 0 Å². The molecule has 1 heterocycles. The summed E-state index contributed by atoms with van der Waals surface area (Å²) in [4.78, 5) is 2.10. The highest BCUT2D eigenvalue weighted by Gasteiger charge is 2.30. The third-order valence-electron chi connectivity index (χ3n) is 3.61. The van der Waals surface area contributed by atoms with Crippen molar-refractivity contribution in [3.05, 3.63) is 24.3 Å². The fourth-order valence-electron chi connectivity index (χ4n) is 2.37. The molecule has 0 aromatic heterocycles. The molecule has 1 aliphatic heterocycles. The molecule has 0 amide bonds. The van der Waals surface area contributed by atoms with Gasteiger partial charge in [-0.2, -0.15) is 0 Å². The molecule has 0 unspecified atom stereocenters. The van der Waals surface area contributed by atoms with Crippen molar-refractivity contribution in [2.45, 2.75) is 18.4 Å². The Bertz CT molecular complexity index is 402. The summed E-state index contributed by atoms with van der Waals surface area (Å²) in [6.45, 7) is 3.31. The van der Waals surface area contributed by atoms with E-state index in [0.29, 0.717) is 39.2 Å².